The summed E-state index contributed by atoms with van der Waals surface area (Å²) >= 11 is 0. The summed E-state index contributed by atoms with van der Waals surface area (Å²) in [7, 11) is -3.34. The summed E-state index contributed by atoms with van der Waals surface area (Å²) < 4.78 is 40.2. The SMILES string of the molecule is CC1=C(Oc2cccc(C3CCCCCC3)c2)CCC(S(=O)(=O)NCC2CCCO2)C1. The lowest BCUT2D eigenvalue weighted by atomic mass is 9.92. The summed E-state index contributed by atoms with van der Waals surface area (Å²) in [6, 6.07) is 8.54. The van der Waals surface area contributed by atoms with Gasteiger partial charge >= 0.3 is 0 Å². The molecule has 0 aromatic heterocycles. The molecule has 1 aliphatic heterocycles. The third-order valence-corrected chi connectivity index (χ3v) is 8.95. The molecule has 1 heterocycles. The molecular weight excluding hydrogens is 410 g/mol. The first kappa shape index (κ1) is 22.8. The average Bonchev–Trinajstić information content (AvgIpc) is 3.14. The fraction of sp³-hybridized carbons (Fsp3) is 0.680. The Hall–Kier alpha value is -1.37. The van der Waals surface area contributed by atoms with E-state index in [-0.39, 0.29) is 6.10 Å². The van der Waals surface area contributed by atoms with E-state index in [1.165, 1.54) is 44.1 Å². The zero-order valence-electron chi connectivity index (χ0n) is 18.8. The molecule has 0 radical (unpaired) electrons. The van der Waals surface area contributed by atoms with Gasteiger partial charge in [-0.3, -0.25) is 0 Å². The fourth-order valence-corrected chi connectivity index (χ4v) is 6.74. The second-order valence-electron chi connectivity index (χ2n) is 9.46. The highest BCUT2D eigenvalue weighted by atomic mass is 32.2. The van der Waals surface area contributed by atoms with Crippen molar-refractivity contribution in [2.45, 2.75) is 94.8 Å². The number of allylic oxidation sites excluding steroid dienone is 2. The Morgan fingerprint density at radius 2 is 1.87 bits per heavy atom. The molecule has 1 aromatic rings. The highest BCUT2D eigenvalue weighted by Crippen LogP contribution is 2.35. The monoisotopic (exact) mass is 447 g/mol. The number of nitrogens with one attached hydrogen (secondary N) is 1. The van der Waals surface area contributed by atoms with Crippen molar-refractivity contribution in [3.63, 3.8) is 0 Å². The van der Waals surface area contributed by atoms with Crippen LogP contribution < -0.4 is 9.46 Å². The van der Waals surface area contributed by atoms with Crippen molar-refractivity contribution in [2.75, 3.05) is 13.2 Å². The van der Waals surface area contributed by atoms with Crippen LogP contribution in [0.1, 0.15) is 89.0 Å². The van der Waals surface area contributed by atoms with Crippen molar-refractivity contribution in [1.29, 1.82) is 0 Å². The first-order valence-electron chi connectivity index (χ1n) is 12.1. The van der Waals surface area contributed by atoms with Gasteiger partial charge in [-0.25, -0.2) is 13.1 Å². The number of hydrogen-bond donors (Lipinski definition) is 1. The van der Waals surface area contributed by atoms with Gasteiger partial charge < -0.3 is 9.47 Å². The van der Waals surface area contributed by atoms with Crippen LogP contribution in [0.15, 0.2) is 35.6 Å². The zero-order valence-corrected chi connectivity index (χ0v) is 19.6. The number of rotatable bonds is 7. The van der Waals surface area contributed by atoms with Gasteiger partial charge in [0.2, 0.25) is 10.0 Å². The predicted molar refractivity (Wildman–Crippen MR) is 124 cm³/mol. The average molecular weight is 448 g/mol. The number of sulfonamides is 1. The minimum atomic E-state index is -3.34. The molecule has 0 bridgehead atoms. The van der Waals surface area contributed by atoms with Crippen LogP contribution in [0.5, 0.6) is 5.75 Å². The van der Waals surface area contributed by atoms with Crippen LogP contribution in [0.4, 0.5) is 0 Å². The smallest absolute Gasteiger partial charge is 0.214 e. The largest absolute Gasteiger partial charge is 0.462 e. The third-order valence-electron chi connectivity index (χ3n) is 7.10. The van der Waals surface area contributed by atoms with Crippen LogP contribution in [0.3, 0.4) is 0 Å². The molecule has 4 rings (SSSR count). The van der Waals surface area contributed by atoms with Gasteiger partial charge in [-0.1, -0.05) is 37.8 Å². The Labute approximate surface area is 187 Å². The molecule has 5 nitrogen and oxygen atoms in total. The van der Waals surface area contributed by atoms with Crippen molar-refractivity contribution in [2.24, 2.45) is 0 Å². The van der Waals surface area contributed by atoms with Crippen LogP contribution in [0.25, 0.3) is 0 Å². The second kappa shape index (κ2) is 10.5. The Kier molecular flexibility index (Phi) is 7.72. The van der Waals surface area contributed by atoms with Crippen molar-refractivity contribution < 1.29 is 17.9 Å². The fourth-order valence-electron chi connectivity index (χ4n) is 5.19. The van der Waals surface area contributed by atoms with E-state index < -0.39 is 15.3 Å². The molecule has 0 amide bonds. The first-order valence-corrected chi connectivity index (χ1v) is 13.6. The molecule has 3 aliphatic rings. The van der Waals surface area contributed by atoms with Crippen LogP contribution in [0, 0.1) is 0 Å². The maximum absolute atomic E-state index is 12.8. The third kappa shape index (κ3) is 6.11. The van der Waals surface area contributed by atoms with E-state index in [0.717, 1.165) is 36.5 Å². The minimum Gasteiger partial charge on any atom is -0.462 e. The maximum Gasteiger partial charge on any atom is 0.214 e. The van der Waals surface area contributed by atoms with Crippen LogP contribution >= 0.6 is 0 Å². The van der Waals surface area contributed by atoms with E-state index in [9.17, 15) is 8.42 Å². The Bertz CT molecular complexity index is 865. The van der Waals surface area contributed by atoms with Crippen LogP contribution in [0.2, 0.25) is 0 Å². The zero-order chi connectivity index (χ0) is 21.7. The molecule has 1 aromatic carbocycles. The Balaban J connectivity index is 1.37. The number of benzene rings is 1. The molecule has 2 fully saturated rings. The topological polar surface area (TPSA) is 64.6 Å². The van der Waals surface area contributed by atoms with Gasteiger partial charge in [-0.2, -0.15) is 0 Å². The summed E-state index contributed by atoms with van der Waals surface area (Å²) in [5.41, 5.74) is 2.42. The molecule has 6 heteroatoms. The number of hydrogen-bond acceptors (Lipinski definition) is 4. The quantitative estimate of drug-likeness (QED) is 0.566. The van der Waals surface area contributed by atoms with E-state index in [0.29, 0.717) is 31.7 Å². The molecule has 2 aliphatic carbocycles. The van der Waals surface area contributed by atoms with E-state index in [1.807, 2.05) is 13.0 Å². The molecule has 2 unspecified atom stereocenters. The van der Waals surface area contributed by atoms with E-state index in [2.05, 4.69) is 22.9 Å². The maximum atomic E-state index is 12.8. The molecule has 1 N–H and O–H groups in total. The van der Waals surface area contributed by atoms with Crippen molar-refractivity contribution in [3.8, 4) is 5.75 Å². The molecule has 172 valence electrons. The number of ether oxygens (including phenoxy) is 2. The van der Waals surface area contributed by atoms with Crippen molar-refractivity contribution >= 4 is 10.0 Å². The highest BCUT2D eigenvalue weighted by Gasteiger charge is 2.31. The summed E-state index contributed by atoms with van der Waals surface area (Å²) in [6.45, 7) is 3.13. The Morgan fingerprint density at radius 1 is 1.06 bits per heavy atom. The molecule has 2 atom stereocenters. The van der Waals surface area contributed by atoms with Gasteiger partial charge in [0.05, 0.1) is 11.4 Å². The molecule has 0 spiro atoms. The van der Waals surface area contributed by atoms with Crippen molar-refractivity contribution in [1.82, 2.24) is 4.72 Å². The van der Waals surface area contributed by atoms with E-state index in [1.54, 1.807) is 0 Å². The lowest BCUT2D eigenvalue weighted by molar-refractivity contribution is 0.114. The first-order chi connectivity index (χ1) is 15.0. The van der Waals surface area contributed by atoms with Gasteiger partial charge in [0.15, 0.2) is 0 Å². The summed E-state index contributed by atoms with van der Waals surface area (Å²) in [5.74, 6) is 2.45. The van der Waals surface area contributed by atoms with Gasteiger partial charge in [-0.05, 0) is 74.6 Å². The van der Waals surface area contributed by atoms with Gasteiger partial charge in [-0.15, -0.1) is 0 Å². The second-order valence-corrected chi connectivity index (χ2v) is 11.5. The standard InChI is InChI=1S/C25H37NO4S/c1-19-16-24(31(27,28)26-18-23-12-7-15-29-23)13-14-25(19)30-22-11-6-10-21(17-22)20-8-4-2-3-5-9-20/h6,10-11,17,20,23-24,26H,2-5,7-9,12-16,18H2,1H3. The van der Waals surface area contributed by atoms with E-state index >= 15 is 0 Å². The van der Waals surface area contributed by atoms with Gasteiger partial charge in [0, 0.05) is 19.6 Å². The molecule has 31 heavy (non-hydrogen) atoms. The predicted octanol–water partition coefficient (Wildman–Crippen LogP) is 5.43. The Morgan fingerprint density at radius 3 is 2.58 bits per heavy atom. The van der Waals surface area contributed by atoms with Crippen molar-refractivity contribution in [3.05, 3.63) is 41.2 Å². The normalized spacial score (nSPS) is 26.1. The minimum absolute atomic E-state index is 0.0228. The lowest BCUT2D eigenvalue weighted by Gasteiger charge is -2.26. The summed E-state index contributed by atoms with van der Waals surface area (Å²) in [4.78, 5) is 0. The van der Waals surface area contributed by atoms with E-state index in [4.69, 9.17) is 9.47 Å². The van der Waals surface area contributed by atoms with Gasteiger partial charge in [0.1, 0.15) is 11.5 Å². The van der Waals surface area contributed by atoms with Crippen LogP contribution in [-0.2, 0) is 14.8 Å². The molecular formula is C25H37NO4S. The highest BCUT2D eigenvalue weighted by molar-refractivity contribution is 7.90. The summed E-state index contributed by atoms with van der Waals surface area (Å²) in [6.07, 6.45) is 11.6. The lowest BCUT2D eigenvalue weighted by Crippen LogP contribution is -2.39. The summed E-state index contributed by atoms with van der Waals surface area (Å²) in [5, 5.41) is -0.390. The van der Waals surface area contributed by atoms with Gasteiger partial charge in [0.25, 0.3) is 0 Å². The molecule has 1 saturated heterocycles. The molecule has 1 saturated carbocycles. The van der Waals surface area contributed by atoms with Crippen LogP contribution in [-0.4, -0.2) is 32.9 Å².